The van der Waals surface area contributed by atoms with Crippen LogP contribution >= 0.6 is 0 Å². The Kier molecular flexibility index (Phi) is 5.17. The van der Waals surface area contributed by atoms with Crippen LogP contribution in [0.15, 0.2) is 63.8 Å². The van der Waals surface area contributed by atoms with Crippen molar-refractivity contribution in [2.24, 2.45) is 13.0 Å². The Morgan fingerprint density at radius 1 is 1.09 bits per heavy atom. The molecule has 1 saturated carbocycles. The number of aromatic nitrogens is 3. The average Bonchev–Trinajstić information content (AvgIpc) is 3.22. The fraction of sp³-hybridized carbons (Fsp3) is 0.320. The van der Waals surface area contributed by atoms with Crippen molar-refractivity contribution in [3.05, 3.63) is 70.5 Å². The number of benzene rings is 2. The number of hydrogen-bond acceptors (Lipinski definition) is 6. The Morgan fingerprint density at radius 3 is 2.47 bits per heavy atom. The van der Waals surface area contributed by atoms with Crippen LogP contribution < -0.4 is 15.2 Å². The first-order valence-corrected chi connectivity index (χ1v) is 10.9. The number of nitrogens with zero attached hydrogens (tertiary/aromatic N) is 4. The van der Waals surface area contributed by atoms with E-state index in [0.717, 1.165) is 12.8 Å². The van der Waals surface area contributed by atoms with Gasteiger partial charge < -0.3 is 14.1 Å². The number of oxazole rings is 1. The van der Waals surface area contributed by atoms with Gasteiger partial charge in [0.25, 0.3) is 11.4 Å². The maximum atomic E-state index is 13.2. The van der Waals surface area contributed by atoms with Gasteiger partial charge in [-0.05, 0) is 36.5 Å². The molecule has 0 spiro atoms. The van der Waals surface area contributed by atoms with Crippen LogP contribution in [0.1, 0.15) is 30.9 Å². The molecular formula is C25H26N4O3. The molecule has 0 radical (unpaired) electrons. The van der Waals surface area contributed by atoms with Gasteiger partial charge in [-0.1, -0.05) is 48.9 Å². The molecule has 32 heavy (non-hydrogen) atoms. The lowest BCUT2D eigenvalue weighted by Gasteiger charge is -2.40. The third-order valence-corrected chi connectivity index (χ3v) is 6.40. The SMILES string of the molecule is COc1c(-c2nc3ccccc3o2)nc(N(C)[C@@H](c2ccccc2)C2CCC2)n(C)c1=O. The number of methoxy groups -OCH3 is 1. The summed E-state index contributed by atoms with van der Waals surface area (Å²) in [5, 5.41) is 0. The van der Waals surface area contributed by atoms with Crippen LogP contribution in [0, 0.1) is 5.92 Å². The Bertz CT molecular complexity index is 1280. The molecule has 1 atom stereocenters. The highest BCUT2D eigenvalue weighted by Gasteiger charge is 2.34. The van der Waals surface area contributed by atoms with Gasteiger partial charge in [-0.2, -0.15) is 0 Å². The van der Waals surface area contributed by atoms with E-state index in [4.69, 9.17) is 14.1 Å². The standard InChI is InChI=1S/C25H26N4O3/c1-28(21(17-12-9-13-17)16-10-5-4-6-11-16)25-27-20(22(31-3)24(30)29(25)2)23-26-18-14-7-8-15-19(18)32-23/h4-8,10-11,14-15,17,21H,9,12-13H2,1-3H3/t21-/m0/s1. The van der Waals surface area contributed by atoms with Crippen molar-refractivity contribution in [1.29, 1.82) is 0 Å². The number of para-hydroxylation sites is 2. The highest BCUT2D eigenvalue weighted by atomic mass is 16.5. The third-order valence-electron chi connectivity index (χ3n) is 6.40. The lowest BCUT2D eigenvalue weighted by atomic mass is 9.76. The van der Waals surface area contributed by atoms with Gasteiger partial charge in [-0.3, -0.25) is 9.36 Å². The quantitative estimate of drug-likeness (QED) is 0.446. The third kappa shape index (κ3) is 3.34. The van der Waals surface area contributed by atoms with Crippen molar-refractivity contribution in [3.8, 4) is 17.3 Å². The van der Waals surface area contributed by atoms with Crippen molar-refractivity contribution >= 4 is 17.0 Å². The van der Waals surface area contributed by atoms with Crippen LogP contribution in [-0.2, 0) is 7.05 Å². The average molecular weight is 431 g/mol. The van der Waals surface area contributed by atoms with Gasteiger partial charge >= 0.3 is 0 Å². The molecule has 164 valence electrons. The molecule has 0 bridgehead atoms. The second-order valence-electron chi connectivity index (χ2n) is 8.30. The van der Waals surface area contributed by atoms with Crippen LogP contribution in [0.25, 0.3) is 22.7 Å². The van der Waals surface area contributed by atoms with E-state index >= 15 is 0 Å². The molecule has 1 aliphatic rings. The number of fused-ring (bicyclic) bond motifs is 1. The topological polar surface area (TPSA) is 73.4 Å². The Hall–Kier alpha value is -3.61. The van der Waals surface area contributed by atoms with E-state index < -0.39 is 0 Å². The van der Waals surface area contributed by atoms with Crippen molar-refractivity contribution < 1.29 is 9.15 Å². The fourth-order valence-corrected chi connectivity index (χ4v) is 4.53. The molecular weight excluding hydrogens is 404 g/mol. The Morgan fingerprint density at radius 2 is 1.81 bits per heavy atom. The summed E-state index contributed by atoms with van der Waals surface area (Å²) in [4.78, 5) is 24.8. The minimum Gasteiger partial charge on any atom is -0.489 e. The summed E-state index contributed by atoms with van der Waals surface area (Å²) in [5.74, 6) is 1.45. The van der Waals surface area contributed by atoms with Crippen LogP contribution in [0.2, 0.25) is 0 Å². The molecule has 5 rings (SSSR count). The predicted molar refractivity (Wildman–Crippen MR) is 124 cm³/mol. The summed E-state index contributed by atoms with van der Waals surface area (Å²) in [5.41, 5.74) is 2.60. The molecule has 0 amide bonds. The van der Waals surface area contributed by atoms with Crippen LogP contribution in [0.4, 0.5) is 5.95 Å². The second kappa shape index (κ2) is 8.15. The van der Waals surface area contributed by atoms with Gasteiger partial charge in [0, 0.05) is 14.1 Å². The minimum absolute atomic E-state index is 0.118. The molecule has 0 unspecified atom stereocenters. The fourth-order valence-electron chi connectivity index (χ4n) is 4.53. The first-order chi connectivity index (χ1) is 15.6. The second-order valence-corrected chi connectivity index (χ2v) is 8.30. The van der Waals surface area contributed by atoms with E-state index in [0.29, 0.717) is 28.7 Å². The molecule has 1 fully saturated rings. The van der Waals surface area contributed by atoms with E-state index in [1.54, 1.807) is 11.6 Å². The van der Waals surface area contributed by atoms with Gasteiger partial charge in [0.2, 0.25) is 11.7 Å². The normalized spacial score (nSPS) is 14.8. The number of anilines is 1. The summed E-state index contributed by atoms with van der Waals surface area (Å²) in [6.45, 7) is 0. The zero-order valence-electron chi connectivity index (χ0n) is 18.5. The lowest BCUT2D eigenvalue weighted by molar-refractivity contribution is 0.256. The van der Waals surface area contributed by atoms with E-state index in [1.165, 1.54) is 19.1 Å². The van der Waals surface area contributed by atoms with Crippen molar-refractivity contribution in [2.45, 2.75) is 25.3 Å². The molecule has 4 aromatic rings. The largest absolute Gasteiger partial charge is 0.489 e. The van der Waals surface area contributed by atoms with Crippen LogP contribution in [0.3, 0.4) is 0 Å². The molecule has 2 heterocycles. The van der Waals surface area contributed by atoms with Crippen LogP contribution in [-0.4, -0.2) is 28.7 Å². The Balaban J connectivity index is 1.66. The molecule has 7 heteroatoms. The van der Waals surface area contributed by atoms with Gasteiger partial charge in [0.1, 0.15) is 5.52 Å². The first kappa shape index (κ1) is 20.3. The van der Waals surface area contributed by atoms with E-state index in [-0.39, 0.29) is 23.2 Å². The number of hydrogen-bond donors (Lipinski definition) is 0. The summed E-state index contributed by atoms with van der Waals surface area (Å²) < 4.78 is 12.9. The lowest BCUT2D eigenvalue weighted by Crippen LogP contribution is -2.38. The first-order valence-electron chi connectivity index (χ1n) is 10.9. The highest BCUT2D eigenvalue weighted by Crippen LogP contribution is 2.42. The van der Waals surface area contributed by atoms with Crippen molar-refractivity contribution in [3.63, 3.8) is 0 Å². The molecule has 2 aromatic heterocycles. The highest BCUT2D eigenvalue weighted by molar-refractivity contribution is 5.76. The van der Waals surface area contributed by atoms with Gasteiger partial charge in [-0.15, -0.1) is 0 Å². The zero-order chi connectivity index (χ0) is 22.2. The maximum Gasteiger partial charge on any atom is 0.297 e. The van der Waals surface area contributed by atoms with E-state index in [2.05, 4.69) is 34.1 Å². The van der Waals surface area contributed by atoms with E-state index in [1.807, 2.05) is 37.4 Å². The summed E-state index contributed by atoms with van der Waals surface area (Å²) >= 11 is 0. The molecule has 0 N–H and O–H groups in total. The molecule has 2 aromatic carbocycles. The molecule has 0 aliphatic heterocycles. The van der Waals surface area contributed by atoms with Crippen molar-refractivity contribution in [2.75, 3.05) is 19.1 Å². The summed E-state index contributed by atoms with van der Waals surface area (Å²) in [6.07, 6.45) is 3.54. The summed E-state index contributed by atoms with van der Waals surface area (Å²) in [7, 11) is 5.19. The maximum absolute atomic E-state index is 13.2. The molecule has 0 saturated heterocycles. The van der Waals surface area contributed by atoms with Crippen molar-refractivity contribution in [1.82, 2.24) is 14.5 Å². The number of ether oxygens (including phenoxy) is 1. The summed E-state index contributed by atoms with van der Waals surface area (Å²) in [6, 6.07) is 18.0. The van der Waals surface area contributed by atoms with E-state index in [9.17, 15) is 4.79 Å². The molecule has 1 aliphatic carbocycles. The van der Waals surface area contributed by atoms with Gasteiger partial charge in [0.05, 0.1) is 13.2 Å². The van der Waals surface area contributed by atoms with Crippen LogP contribution in [0.5, 0.6) is 5.75 Å². The minimum atomic E-state index is -0.276. The smallest absolute Gasteiger partial charge is 0.297 e. The monoisotopic (exact) mass is 430 g/mol. The number of rotatable bonds is 6. The zero-order valence-corrected chi connectivity index (χ0v) is 18.5. The van der Waals surface area contributed by atoms with Gasteiger partial charge in [0.15, 0.2) is 11.3 Å². The van der Waals surface area contributed by atoms with Gasteiger partial charge in [-0.25, -0.2) is 9.97 Å². The Labute approximate surface area is 186 Å². The molecule has 7 nitrogen and oxygen atoms in total. The predicted octanol–water partition coefficient (Wildman–Crippen LogP) is 4.57.